The highest BCUT2D eigenvalue weighted by Gasteiger charge is 2.20. The Morgan fingerprint density at radius 3 is 2.44 bits per heavy atom. The Bertz CT molecular complexity index is 1130. The van der Waals surface area contributed by atoms with Crippen LogP contribution >= 0.6 is 33.9 Å². The van der Waals surface area contributed by atoms with Gasteiger partial charge < -0.3 is 5.11 Å². The summed E-state index contributed by atoms with van der Waals surface area (Å²) in [5.74, 6) is -1.21. The molecule has 2 heterocycles. The van der Waals surface area contributed by atoms with Gasteiger partial charge in [-0.3, -0.25) is 14.2 Å². The van der Waals surface area contributed by atoms with Gasteiger partial charge in [0.25, 0.3) is 5.56 Å². The number of halogens is 1. The molecular formula is C19H19IN2O4S. The number of carbonyl (C=O) groups is 1. The number of carboxylic acids is 1. The van der Waals surface area contributed by atoms with Crippen LogP contribution in [0.1, 0.15) is 22.9 Å². The van der Waals surface area contributed by atoms with Crippen molar-refractivity contribution in [2.24, 2.45) is 0 Å². The zero-order chi connectivity index (χ0) is 19.7. The van der Waals surface area contributed by atoms with E-state index in [0.29, 0.717) is 23.2 Å². The van der Waals surface area contributed by atoms with Crippen LogP contribution in [-0.2, 0) is 30.7 Å². The molecule has 8 heteroatoms. The van der Waals surface area contributed by atoms with Crippen molar-refractivity contribution in [3.63, 3.8) is 0 Å². The number of hydrogen-bond acceptors (Lipinski definition) is 4. The Hall–Kier alpha value is -1.94. The standard InChI is InChI=1S/C19H19IN2O4S/c1-3-14-11(2)16-17(25)22(10-15(23)24)19(26)21(18(16)27-14)9-8-12-4-6-13(20)7-5-12/h4-7H,3,8-10H2,1-2H3,(H,23,24). The normalized spacial score (nSPS) is 11.2. The zero-order valence-corrected chi connectivity index (χ0v) is 18.0. The predicted octanol–water partition coefficient (Wildman–Crippen LogP) is 3.03. The van der Waals surface area contributed by atoms with Gasteiger partial charge in [0.2, 0.25) is 0 Å². The average Bonchev–Trinajstić information content (AvgIpc) is 2.96. The summed E-state index contributed by atoms with van der Waals surface area (Å²) in [6.07, 6.45) is 1.38. The van der Waals surface area contributed by atoms with Crippen molar-refractivity contribution in [1.29, 1.82) is 0 Å². The lowest BCUT2D eigenvalue weighted by molar-refractivity contribution is -0.137. The van der Waals surface area contributed by atoms with Gasteiger partial charge in [-0.1, -0.05) is 19.1 Å². The summed E-state index contributed by atoms with van der Waals surface area (Å²) >= 11 is 3.68. The number of nitrogens with zero attached hydrogens (tertiary/aromatic N) is 2. The number of benzene rings is 1. The van der Waals surface area contributed by atoms with Crippen LogP contribution in [0.15, 0.2) is 33.9 Å². The monoisotopic (exact) mass is 498 g/mol. The Kier molecular flexibility index (Phi) is 5.85. The maximum Gasteiger partial charge on any atom is 0.332 e. The Morgan fingerprint density at radius 1 is 1.19 bits per heavy atom. The first-order chi connectivity index (χ1) is 12.8. The third-order valence-corrected chi connectivity index (χ3v) is 6.72. The molecule has 0 bridgehead atoms. The maximum absolute atomic E-state index is 12.9. The van der Waals surface area contributed by atoms with Crippen LogP contribution in [-0.4, -0.2) is 20.2 Å². The molecule has 3 aromatic rings. The quantitative estimate of drug-likeness (QED) is 0.530. The third kappa shape index (κ3) is 3.86. The van der Waals surface area contributed by atoms with Crippen molar-refractivity contribution in [1.82, 2.24) is 9.13 Å². The van der Waals surface area contributed by atoms with E-state index in [-0.39, 0.29) is 0 Å². The van der Waals surface area contributed by atoms with E-state index >= 15 is 0 Å². The first kappa shape index (κ1) is 19.8. The highest BCUT2D eigenvalue weighted by Crippen LogP contribution is 2.28. The summed E-state index contributed by atoms with van der Waals surface area (Å²) in [5, 5.41) is 9.59. The maximum atomic E-state index is 12.9. The van der Waals surface area contributed by atoms with E-state index < -0.39 is 23.8 Å². The SMILES string of the molecule is CCc1sc2c(c1C)c(=O)n(CC(=O)O)c(=O)n2CCc1ccc(I)cc1. The van der Waals surface area contributed by atoms with Crippen molar-refractivity contribution in [3.8, 4) is 0 Å². The van der Waals surface area contributed by atoms with E-state index in [9.17, 15) is 14.4 Å². The average molecular weight is 498 g/mol. The zero-order valence-electron chi connectivity index (χ0n) is 15.0. The molecule has 0 atom stereocenters. The number of aryl methyl sites for hydroxylation is 4. The van der Waals surface area contributed by atoms with E-state index in [1.165, 1.54) is 11.3 Å². The molecule has 0 aliphatic carbocycles. The molecule has 0 aliphatic rings. The number of aromatic nitrogens is 2. The number of aliphatic carboxylic acids is 1. The first-order valence-electron chi connectivity index (χ1n) is 8.55. The molecule has 142 valence electrons. The van der Waals surface area contributed by atoms with E-state index in [0.717, 1.165) is 30.6 Å². The van der Waals surface area contributed by atoms with Gasteiger partial charge in [0.1, 0.15) is 11.4 Å². The lowest BCUT2D eigenvalue weighted by Gasteiger charge is -2.11. The summed E-state index contributed by atoms with van der Waals surface area (Å²) in [6, 6.07) is 8.02. The highest BCUT2D eigenvalue weighted by atomic mass is 127. The van der Waals surface area contributed by atoms with Crippen LogP contribution in [0.5, 0.6) is 0 Å². The number of carboxylic acid groups (broad SMARTS) is 1. The molecule has 0 aliphatic heterocycles. The molecule has 0 fully saturated rings. The second-order valence-corrected chi connectivity index (χ2v) is 8.61. The van der Waals surface area contributed by atoms with E-state index in [4.69, 9.17) is 5.11 Å². The molecule has 27 heavy (non-hydrogen) atoms. The minimum Gasteiger partial charge on any atom is -0.480 e. The van der Waals surface area contributed by atoms with Gasteiger partial charge >= 0.3 is 11.7 Å². The Balaban J connectivity index is 2.16. The molecule has 1 aromatic carbocycles. The lowest BCUT2D eigenvalue weighted by Crippen LogP contribution is -2.41. The molecule has 0 saturated heterocycles. The van der Waals surface area contributed by atoms with Crippen LogP contribution in [0, 0.1) is 10.5 Å². The van der Waals surface area contributed by atoms with Gasteiger partial charge in [-0.2, -0.15) is 0 Å². The smallest absolute Gasteiger partial charge is 0.332 e. The minimum absolute atomic E-state index is 0.388. The number of rotatable bonds is 6. The molecule has 0 radical (unpaired) electrons. The van der Waals surface area contributed by atoms with Crippen molar-refractivity contribution < 1.29 is 9.90 Å². The fraction of sp³-hybridized carbons (Fsp3) is 0.316. The molecule has 0 amide bonds. The van der Waals surface area contributed by atoms with Gasteiger partial charge in [-0.15, -0.1) is 11.3 Å². The summed E-state index contributed by atoms with van der Waals surface area (Å²) in [5.41, 5.74) is 0.834. The van der Waals surface area contributed by atoms with Gasteiger partial charge in [0.05, 0.1) is 5.39 Å². The molecule has 2 aromatic heterocycles. The Morgan fingerprint density at radius 2 is 1.85 bits per heavy atom. The molecule has 3 rings (SSSR count). The van der Waals surface area contributed by atoms with Gasteiger partial charge in [-0.05, 0) is 65.6 Å². The minimum atomic E-state index is -1.21. The summed E-state index contributed by atoms with van der Waals surface area (Å²) < 4.78 is 3.51. The summed E-state index contributed by atoms with van der Waals surface area (Å²) in [6.45, 7) is 3.62. The molecule has 0 spiro atoms. The number of thiophene rings is 1. The lowest BCUT2D eigenvalue weighted by atomic mass is 10.1. The fourth-order valence-corrected chi connectivity index (χ4v) is 4.76. The topological polar surface area (TPSA) is 81.3 Å². The molecule has 0 saturated carbocycles. The van der Waals surface area contributed by atoms with Gasteiger partial charge in [0.15, 0.2) is 0 Å². The van der Waals surface area contributed by atoms with Gasteiger partial charge in [0, 0.05) is 15.0 Å². The largest absolute Gasteiger partial charge is 0.480 e. The van der Waals surface area contributed by atoms with Crippen molar-refractivity contribution in [3.05, 3.63) is 64.7 Å². The predicted molar refractivity (Wildman–Crippen MR) is 115 cm³/mol. The van der Waals surface area contributed by atoms with Crippen molar-refractivity contribution in [2.75, 3.05) is 0 Å². The third-order valence-electron chi connectivity index (χ3n) is 4.54. The fourth-order valence-electron chi connectivity index (χ4n) is 3.14. The molecule has 0 unspecified atom stereocenters. The number of fused-ring (bicyclic) bond motifs is 1. The van der Waals surface area contributed by atoms with Gasteiger partial charge in [-0.25, -0.2) is 9.36 Å². The second-order valence-electron chi connectivity index (χ2n) is 6.28. The van der Waals surface area contributed by atoms with E-state index in [2.05, 4.69) is 22.6 Å². The van der Waals surface area contributed by atoms with Crippen molar-refractivity contribution in [2.45, 2.75) is 39.8 Å². The van der Waals surface area contributed by atoms with Crippen LogP contribution in [0.2, 0.25) is 0 Å². The second kappa shape index (κ2) is 7.97. The summed E-state index contributed by atoms with van der Waals surface area (Å²) in [7, 11) is 0. The van der Waals surface area contributed by atoms with Crippen LogP contribution in [0.4, 0.5) is 0 Å². The first-order valence-corrected chi connectivity index (χ1v) is 10.4. The van der Waals surface area contributed by atoms with Crippen molar-refractivity contribution >= 4 is 50.1 Å². The van der Waals surface area contributed by atoms with Crippen LogP contribution < -0.4 is 11.2 Å². The highest BCUT2D eigenvalue weighted by molar-refractivity contribution is 14.1. The van der Waals surface area contributed by atoms with Crippen LogP contribution in [0.3, 0.4) is 0 Å². The van der Waals surface area contributed by atoms with Crippen LogP contribution in [0.25, 0.3) is 10.2 Å². The summed E-state index contributed by atoms with van der Waals surface area (Å²) in [4.78, 5) is 38.5. The Labute approximate surface area is 173 Å². The van der Waals surface area contributed by atoms with E-state index in [1.54, 1.807) is 4.57 Å². The molecule has 1 N–H and O–H groups in total. The number of hydrogen-bond donors (Lipinski definition) is 1. The van der Waals surface area contributed by atoms with E-state index in [1.807, 2.05) is 38.1 Å². The molecule has 6 nitrogen and oxygen atoms in total. The molecular weight excluding hydrogens is 479 g/mol.